The molecule has 0 saturated heterocycles. The molecule has 136 valence electrons. The van der Waals surface area contributed by atoms with Crippen LogP contribution < -0.4 is 4.74 Å². The molecule has 0 N–H and O–H groups in total. The monoisotopic (exact) mass is 367 g/mol. The summed E-state index contributed by atoms with van der Waals surface area (Å²) in [5.74, 6) is 0.380. The molecule has 0 aliphatic carbocycles. The second-order valence-electron chi connectivity index (χ2n) is 6.51. The number of rotatable bonds is 7. The van der Waals surface area contributed by atoms with E-state index < -0.39 is 5.82 Å². The van der Waals surface area contributed by atoms with Crippen LogP contribution in [0.2, 0.25) is 0 Å². The van der Waals surface area contributed by atoms with E-state index in [4.69, 9.17) is 9.15 Å². The van der Waals surface area contributed by atoms with Gasteiger partial charge >= 0.3 is 0 Å². The van der Waals surface area contributed by atoms with E-state index in [0.29, 0.717) is 17.7 Å². The van der Waals surface area contributed by atoms with Crippen LogP contribution in [-0.2, 0) is 10.2 Å². The minimum Gasteiger partial charge on any atom is -0.489 e. The summed E-state index contributed by atoms with van der Waals surface area (Å²) < 4.78 is 24.3. The molecule has 8 heteroatoms. The van der Waals surface area contributed by atoms with Crippen molar-refractivity contribution in [2.75, 3.05) is 26.0 Å². The number of hydrogen-bond donors (Lipinski definition) is 0. The summed E-state index contributed by atoms with van der Waals surface area (Å²) in [6.45, 7) is 6.49. The minimum atomic E-state index is -0.418. The Labute approximate surface area is 150 Å². The van der Waals surface area contributed by atoms with E-state index in [1.807, 2.05) is 20.8 Å². The van der Waals surface area contributed by atoms with Crippen molar-refractivity contribution >= 4 is 17.7 Å². The summed E-state index contributed by atoms with van der Waals surface area (Å²) in [6.07, 6.45) is 0. The number of nitrogens with zero attached hydrogens (tertiary/aromatic N) is 3. The van der Waals surface area contributed by atoms with Crippen molar-refractivity contribution in [1.82, 2.24) is 15.1 Å². The zero-order valence-electron chi connectivity index (χ0n) is 14.8. The lowest BCUT2D eigenvalue weighted by Crippen LogP contribution is -2.32. The predicted octanol–water partition coefficient (Wildman–Crippen LogP) is 3.14. The maximum Gasteiger partial charge on any atom is 0.277 e. The van der Waals surface area contributed by atoms with E-state index in [0.717, 1.165) is 0 Å². The van der Waals surface area contributed by atoms with Crippen LogP contribution in [0.3, 0.4) is 0 Å². The molecule has 0 unspecified atom stereocenters. The van der Waals surface area contributed by atoms with Crippen LogP contribution in [-0.4, -0.2) is 47.0 Å². The average Bonchev–Trinajstić information content (AvgIpc) is 3.03. The third-order valence-electron chi connectivity index (χ3n) is 3.31. The zero-order chi connectivity index (χ0) is 18.4. The van der Waals surface area contributed by atoms with Gasteiger partial charge in [0.1, 0.15) is 6.61 Å². The zero-order valence-corrected chi connectivity index (χ0v) is 15.6. The van der Waals surface area contributed by atoms with Crippen molar-refractivity contribution in [2.45, 2.75) is 31.4 Å². The van der Waals surface area contributed by atoms with E-state index >= 15 is 0 Å². The van der Waals surface area contributed by atoms with Gasteiger partial charge in [0.2, 0.25) is 11.8 Å². The number of thioether (sulfide) groups is 1. The van der Waals surface area contributed by atoms with Crippen molar-refractivity contribution in [3.63, 3.8) is 0 Å². The lowest BCUT2D eigenvalue weighted by molar-refractivity contribution is -0.127. The van der Waals surface area contributed by atoms with E-state index in [1.54, 1.807) is 25.2 Å². The van der Waals surface area contributed by atoms with Gasteiger partial charge in [-0.1, -0.05) is 44.7 Å². The van der Waals surface area contributed by atoms with Gasteiger partial charge in [0.15, 0.2) is 11.6 Å². The maximum absolute atomic E-state index is 13.4. The summed E-state index contributed by atoms with van der Waals surface area (Å²) >= 11 is 1.19. The van der Waals surface area contributed by atoms with Crippen molar-refractivity contribution in [3.05, 3.63) is 36.0 Å². The van der Waals surface area contributed by atoms with Gasteiger partial charge in [-0.3, -0.25) is 4.79 Å². The van der Waals surface area contributed by atoms with Gasteiger partial charge in [-0.25, -0.2) is 4.39 Å². The van der Waals surface area contributed by atoms with Crippen molar-refractivity contribution in [3.8, 4) is 5.75 Å². The lowest BCUT2D eigenvalue weighted by Gasteiger charge is -2.17. The fourth-order valence-electron chi connectivity index (χ4n) is 1.78. The highest BCUT2D eigenvalue weighted by Crippen LogP contribution is 2.24. The number of para-hydroxylation sites is 1. The smallest absolute Gasteiger partial charge is 0.277 e. The van der Waals surface area contributed by atoms with Gasteiger partial charge < -0.3 is 14.1 Å². The fourth-order valence-corrected chi connectivity index (χ4v) is 2.49. The predicted molar refractivity (Wildman–Crippen MR) is 93.3 cm³/mol. The molecular formula is C17H22FN3O3S. The molecule has 1 aromatic heterocycles. The van der Waals surface area contributed by atoms with Gasteiger partial charge in [-0.05, 0) is 12.1 Å². The number of halogens is 1. The molecule has 2 rings (SSSR count). The topological polar surface area (TPSA) is 68.5 Å². The summed E-state index contributed by atoms with van der Waals surface area (Å²) in [5, 5.41) is 8.29. The summed E-state index contributed by atoms with van der Waals surface area (Å²) in [4.78, 5) is 13.6. The van der Waals surface area contributed by atoms with Gasteiger partial charge in [0, 0.05) is 12.5 Å². The molecule has 0 atom stereocenters. The van der Waals surface area contributed by atoms with E-state index in [9.17, 15) is 9.18 Å². The molecule has 0 aliphatic rings. The van der Waals surface area contributed by atoms with Gasteiger partial charge in [-0.2, -0.15) is 0 Å². The number of hydrogen-bond acceptors (Lipinski definition) is 6. The Balaban J connectivity index is 1.75. The van der Waals surface area contributed by atoms with Gasteiger partial charge in [0.05, 0.1) is 12.3 Å². The number of aromatic nitrogens is 2. The van der Waals surface area contributed by atoms with Crippen molar-refractivity contribution in [1.29, 1.82) is 0 Å². The van der Waals surface area contributed by atoms with Gasteiger partial charge in [0.25, 0.3) is 5.22 Å². The van der Waals surface area contributed by atoms with Crippen molar-refractivity contribution in [2.24, 2.45) is 0 Å². The number of carbonyl (C=O) groups is 1. The highest BCUT2D eigenvalue weighted by atomic mass is 32.2. The molecule has 1 aromatic carbocycles. The molecule has 0 aliphatic heterocycles. The first-order valence-electron chi connectivity index (χ1n) is 7.85. The molecule has 6 nitrogen and oxygen atoms in total. The molecule has 1 heterocycles. The van der Waals surface area contributed by atoms with Crippen LogP contribution in [0.1, 0.15) is 26.7 Å². The highest BCUT2D eigenvalue weighted by Gasteiger charge is 2.22. The average molecular weight is 367 g/mol. The largest absolute Gasteiger partial charge is 0.489 e. The summed E-state index contributed by atoms with van der Waals surface area (Å²) in [7, 11) is 1.67. The Bertz CT molecular complexity index is 715. The third kappa shape index (κ3) is 5.74. The van der Waals surface area contributed by atoms with E-state index in [2.05, 4.69) is 10.2 Å². The van der Waals surface area contributed by atoms with Crippen LogP contribution in [0.4, 0.5) is 4.39 Å². The number of ether oxygens (including phenoxy) is 1. The van der Waals surface area contributed by atoms with Crippen LogP contribution in [0.25, 0.3) is 0 Å². The Hall–Kier alpha value is -2.09. The number of benzene rings is 1. The Morgan fingerprint density at radius 3 is 2.68 bits per heavy atom. The van der Waals surface area contributed by atoms with E-state index in [-0.39, 0.29) is 29.4 Å². The Morgan fingerprint density at radius 1 is 1.32 bits per heavy atom. The van der Waals surface area contributed by atoms with Crippen LogP contribution in [0.5, 0.6) is 5.75 Å². The fraction of sp³-hybridized carbons (Fsp3) is 0.471. The highest BCUT2D eigenvalue weighted by molar-refractivity contribution is 7.99. The maximum atomic E-state index is 13.4. The van der Waals surface area contributed by atoms with Gasteiger partial charge in [-0.15, -0.1) is 10.2 Å². The first-order valence-corrected chi connectivity index (χ1v) is 8.84. The number of amides is 1. The van der Waals surface area contributed by atoms with Crippen LogP contribution in [0, 0.1) is 5.82 Å². The summed E-state index contributed by atoms with van der Waals surface area (Å²) in [6, 6.07) is 6.17. The molecule has 0 bridgehead atoms. The first kappa shape index (κ1) is 19.2. The lowest BCUT2D eigenvalue weighted by atomic mass is 9.97. The minimum absolute atomic E-state index is 0.0994. The quantitative estimate of drug-likeness (QED) is 0.701. The molecule has 2 aromatic rings. The molecule has 0 spiro atoms. The van der Waals surface area contributed by atoms with Crippen molar-refractivity contribution < 1.29 is 18.3 Å². The Morgan fingerprint density at radius 2 is 2.04 bits per heavy atom. The second-order valence-corrected chi connectivity index (χ2v) is 7.43. The summed E-state index contributed by atoms with van der Waals surface area (Å²) in [5.41, 5.74) is -0.226. The SMILES string of the molecule is CN(CCOc1ccccc1F)C(=O)CSc1nnc(C(C)(C)C)o1. The molecule has 0 radical (unpaired) electrons. The standard InChI is InChI=1S/C17H22FN3O3S/c1-17(2,3)15-19-20-16(24-15)25-11-14(22)21(4)9-10-23-13-8-6-5-7-12(13)18/h5-8H,9-11H2,1-4H3. The molecule has 1 amide bonds. The normalized spacial score (nSPS) is 11.4. The Kier molecular flexibility index (Phi) is 6.41. The van der Waals surface area contributed by atoms with E-state index in [1.165, 1.54) is 22.7 Å². The molecule has 0 fully saturated rings. The van der Waals surface area contributed by atoms with Crippen LogP contribution in [0.15, 0.2) is 33.9 Å². The molecule has 0 saturated carbocycles. The number of likely N-dealkylation sites (N-methyl/N-ethyl adjacent to an activating group) is 1. The second kappa shape index (κ2) is 8.33. The number of carbonyl (C=O) groups excluding carboxylic acids is 1. The van der Waals surface area contributed by atoms with Crippen LogP contribution >= 0.6 is 11.8 Å². The third-order valence-corrected chi connectivity index (χ3v) is 4.12. The molecule has 25 heavy (non-hydrogen) atoms. The first-order chi connectivity index (χ1) is 11.8. The molecular weight excluding hydrogens is 345 g/mol.